The Morgan fingerprint density at radius 2 is 1.83 bits per heavy atom. The van der Waals surface area contributed by atoms with Crippen LogP contribution in [0.3, 0.4) is 0 Å². The van der Waals surface area contributed by atoms with E-state index in [2.05, 4.69) is 15.6 Å². The van der Waals surface area contributed by atoms with E-state index in [9.17, 15) is 19.2 Å². The molecule has 4 heterocycles. The number of aromatic nitrogens is 3. The molecule has 0 spiro atoms. The average molecular weight is 567 g/mol. The number of fused-ring (bicyclic) bond motifs is 1. The summed E-state index contributed by atoms with van der Waals surface area (Å²) >= 11 is 0. The maximum absolute atomic E-state index is 13.1. The number of hydrogen-bond acceptors (Lipinski definition) is 9. The second-order valence-electron chi connectivity index (χ2n) is 11.6. The highest BCUT2D eigenvalue weighted by Crippen LogP contribution is 2.46. The highest BCUT2D eigenvalue weighted by atomic mass is 16.2. The van der Waals surface area contributed by atoms with Crippen LogP contribution in [0, 0.1) is 11.3 Å². The first-order chi connectivity index (χ1) is 20.3. The molecule has 4 amide bonds. The minimum Gasteiger partial charge on any atom is -0.396 e. The van der Waals surface area contributed by atoms with E-state index in [1.165, 1.54) is 6.21 Å². The fourth-order valence-corrected chi connectivity index (χ4v) is 6.19. The number of imide groups is 2. The number of nitrogens with two attached hydrogens (primary N) is 1. The van der Waals surface area contributed by atoms with Crippen molar-refractivity contribution in [2.24, 2.45) is 5.92 Å². The van der Waals surface area contributed by atoms with E-state index in [1.807, 2.05) is 10.9 Å². The Kier molecular flexibility index (Phi) is 6.14. The standard InChI is InChI=1S/C30H30N8O4/c31-12-17-7-8-33-27(25(17)32)22-14-37(36-26(22)16-1-2-16)19-9-15(10-19)13-34-18-3-4-20-21(11-18)30(42)38(29(20)41)23-5-6-24(39)35-28(23)40/h3-4,7-8,11-12,14-16,19,23,31,34H,1-2,5-6,9-10,13,32H2,(H,35,39,40). The molecule has 1 saturated heterocycles. The van der Waals surface area contributed by atoms with Gasteiger partial charge < -0.3 is 16.5 Å². The number of piperidine rings is 1. The molecule has 0 radical (unpaired) electrons. The van der Waals surface area contributed by atoms with Crippen LogP contribution in [0.5, 0.6) is 0 Å². The monoisotopic (exact) mass is 566 g/mol. The molecular formula is C30H30N8O4. The number of nitrogens with one attached hydrogen (secondary N) is 3. The highest BCUT2D eigenvalue weighted by molar-refractivity contribution is 6.23. The van der Waals surface area contributed by atoms with Gasteiger partial charge in [0, 0.05) is 54.3 Å². The molecule has 2 aliphatic heterocycles. The lowest BCUT2D eigenvalue weighted by atomic mass is 9.80. The lowest BCUT2D eigenvalue weighted by Gasteiger charge is -2.35. The Morgan fingerprint density at radius 3 is 2.57 bits per heavy atom. The Morgan fingerprint density at radius 1 is 1.05 bits per heavy atom. The molecule has 1 atom stereocenters. The zero-order valence-electron chi connectivity index (χ0n) is 22.8. The predicted molar refractivity (Wildman–Crippen MR) is 153 cm³/mol. The number of nitrogens with zero attached hydrogens (tertiary/aromatic N) is 4. The molecule has 1 unspecified atom stereocenters. The lowest BCUT2D eigenvalue weighted by Crippen LogP contribution is -2.54. The van der Waals surface area contributed by atoms with Gasteiger partial charge in [-0.3, -0.25) is 39.1 Å². The van der Waals surface area contributed by atoms with Crippen LogP contribution in [0.1, 0.15) is 82.5 Å². The second kappa shape index (κ2) is 9.89. The summed E-state index contributed by atoms with van der Waals surface area (Å²) in [5.41, 5.74) is 11.4. The van der Waals surface area contributed by atoms with Crippen molar-refractivity contribution in [2.45, 2.75) is 56.5 Å². The molecule has 0 bridgehead atoms. The fourth-order valence-electron chi connectivity index (χ4n) is 6.19. The van der Waals surface area contributed by atoms with E-state index >= 15 is 0 Å². The summed E-state index contributed by atoms with van der Waals surface area (Å²) in [5.74, 6) is -1.22. The molecule has 12 heteroatoms. The van der Waals surface area contributed by atoms with Crippen LogP contribution in [0.15, 0.2) is 36.7 Å². The summed E-state index contributed by atoms with van der Waals surface area (Å²) in [4.78, 5) is 55.4. The summed E-state index contributed by atoms with van der Waals surface area (Å²) < 4.78 is 2.04. The van der Waals surface area contributed by atoms with Gasteiger partial charge in [-0.1, -0.05) is 0 Å². The van der Waals surface area contributed by atoms with Gasteiger partial charge in [-0.25, -0.2) is 0 Å². The third-order valence-electron chi connectivity index (χ3n) is 8.78. The van der Waals surface area contributed by atoms with Crippen LogP contribution in [-0.2, 0) is 9.59 Å². The van der Waals surface area contributed by atoms with Crippen LogP contribution in [-0.4, -0.2) is 62.1 Å². The zero-order valence-corrected chi connectivity index (χ0v) is 22.8. The van der Waals surface area contributed by atoms with Crippen LogP contribution >= 0.6 is 0 Å². The van der Waals surface area contributed by atoms with Crippen molar-refractivity contribution in [1.29, 1.82) is 5.41 Å². The van der Waals surface area contributed by atoms with Gasteiger partial charge in [-0.05, 0) is 62.3 Å². The maximum atomic E-state index is 13.1. The summed E-state index contributed by atoms with van der Waals surface area (Å²) in [6.07, 6.45) is 9.27. The van der Waals surface area contributed by atoms with Gasteiger partial charge >= 0.3 is 0 Å². The van der Waals surface area contributed by atoms with Gasteiger partial charge in [0.25, 0.3) is 11.8 Å². The molecule has 12 nitrogen and oxygen atoms in total. The summed E-state index contributed by atoms with van der Waals surface area (Å²) in [5, 5.41) is 18.2. The SMILES string of the molecule is N=Cc1ccnc(-c2cn(C3CC(CNc4ccc5c(c4)C(=O)N(C4CCC(=O)NC4=O)C5=O)C3)nc2C2CC2)c1N. The van der Waals surface area contributed by atoms with Gasteiger partial charge in [0.1, 0.15) is 6.04 Å². The number of pyridine rings is 1. The van der Waals surface area contributed by atoms with E-state index < -0.39 is 29.7 Å². The lowest BCUT2D eigenvalue weighted by molar-refractivity contribution is -0.136. The molecule has 42 heavy (non-hydrogen) atoms. The molecule has 2 aromatic heterocycles. The number of benzene rings is 1. The van der Waals surface area contributed by atoms with Crippen molar-refractivity contribution >= 4 is 41.2 Å². The smallest absolute Gasteiger partial charge is 0.262 e. The Hall–Kier alpha value is -4.87. The first-order valence-electron chi connectivity index (χ1n) is 14.3. The van der Waals surface area contributed by atoms with Crippen LogP contribution in [0.25, 0.3) is 11.3 Å². The van der Waals surface area contributed by atoms with E-state index in [-0.39, 0.29) is 30.0 Å². The number of rotatable bonds is 8. The topological polar surface area (TPSA) is 176 Å². The minimum atomic E-state index is -0.978. The Labute approximate surface area is 241 Å². The van der Waals surface area contributed by atoms with Crippen molar-refractivity contribution in [2.75, 3.05) is 17.6 Å². The van der Waals surface area contributed by atoms with Crippen molar-refractivity contribution in [1.82, 2.24) is 25.0 Å². The van der Waals surface area contributed by atoms with Gasteiger partial charge in [0.05, 0.1) is 34.2 Å². The first kappa shape index (κ1) is 26.1. The van der Waals surface area contributed by atoms with Crippen molar-refractivity contribution in [3.05, 3.63) is 59.0 Å². The van der Waals surface area contributed by atoms with Gasteiger partial charge in [-0.15, -0.1) is 0 Å². The van der Waals surface area contributed by atoms with Crippen molar-refractivity contribution in [3.8, 4) is 11.3 Å². The van der Waals surface area contributed by atoms with Crippen LogP contribution < -0.4 is 16.4 Å². The third kappa shape index (κ3) is 4.34. The van der Waals surface area contributed by atoms with Crippen molar-refractivity contribution in [3.63, 3.8) is 0 Å². The molecule has 7 rings (SSSR count). The summed E-state index contributed by atoms with van der Waals surface area (Å²) in [7, 11) is 0. The molecule has 2 aliphatic carbocycles. The van der Waals surface area contributed by atoms with E-state index in [1.54, 1.807) is 30.5 Å². The van der Waals surface area contributed by atoms with Crippen LogP contribution in [0.4, 0.5) is 11.4 Å². The van der Waals surface area contributed by atoms with Gasteiger partial charge in [-0.2, -0.15) is 5.10 Å². The normalized spacial score (nSPS) is 23.4. The molecule has 214 valence electrons. The molecular weight excluding hydrogens is 536 g/mol. The van der Waals surface area contributed by atoms with E-state index in [0.29, 0.717) is 35.3 Å². The van der Waals surface area contributed by atoms with Gasteiger partial charge in [0.2, 0.25) is 11.8 Å². The third-order valence-corrected chi connectivity index (χ3v) is 8.78. The summed E-state index contributed by atoms with van der Waals surface area (Å²) in [6, 6.07) is 6.07. The number of hydrogen-bond donors (Lipinski definition) is 4. The molecule has 1 aromatic carbocycles. The number of carbonyl (C=O) groups excluding carboxylic acids is 4. The van der Waals surface area contributed by atoms with Crippen molar-refractivity contribution < 1.29 is 19.2 Å². The number of amides is 4. The molecule has 2 saturated carbocycles. The zero-order chi connectivity index (χ0) is 29.1. The molecule has 5 N–H and O–H groups in total. The van der Waals surface area contributed by atoms with E-state index in [0.717, 1.165) is 47.5 Å². The quantitative estimate of drug-likeness (QED) is 0.238. The predicted octanol–water partition coefficient (Wildman–Crippen LogP) is 2.87. The summed E-state index contributed by atoms with van der Waals surface area (Å²) in [6.45, 7) is 0.702. The Bertz CT molecular complexity index is 1670. The van der Waals surface area contributed by atoms with Gasteiger partial charge in [0.15, 0.2) is 0 Å². The first-order valence-corrected chi connectivity index (χ1v) is 14.3. The largest absolute Gasteiger partial charge is 0.396 e. The highest BCUT2D eigenvalue weighted by Gasteiger charge is 2.44. The van der Waals surface area contributed by atoms with Crippen LogP contribution in [0.2, 0.25) is 0 Å². The Balaban J connectivity index is 1.00. The van der Waals surface area contributed by atoms with E-state index in [4.69, 9.17) is 16.2 Å². The minimum absolute atomic E-state index is 0.0869. The number of nitrogen functional groups attached to an aromatic ring is 1. The maximum Gasteiger partial charge on any atom is 0.262 e. The molecule has 3 fully saturated rings. The average Bonchev–Trinajstić information content (AvgIpc) is 3.67. The molecule has 4 aliphatic rings. The molecule has 3 aromatic rings. The fraction of sp³-hybridized carbons (Fsp3) is 0.367. The number of carbonyl (C=O) groups is 4. The number of anilines is 2. The second-order valence-corrected chi connectivity index (χ2v) is 11.6.